The van der Waals surface area contributed by atoms with Gasteiger partial charge in [0.05, 0.1) is 5.75 Å². The number of carbonyl (C=O) groups is 1. The van der Waals surface area contributed by atoms with Crippen molar-refractivity contribution in [1.82, 2.24) is 5.32 Å². The second-order valence-electron chi connectivity index (χ2n) is 3.06. The average Bonchev–Trinajstić information content (AvgIpc) is 1.86. The van der Waals surface area contributed by atoms with Crippen molar-refractivity contribution in [1.29, 1.82) is 0 Å². The van der Waals surface area contributed by atoms with E-state index < -0.39 is 0 Å². The molecule has 11 heavy (non-hydrogen) atoms. The number of carbonyl (C=O) groups excluding carboxylic acids is 1. The van der Waals surface area contributed by atoms with E-state index in [9.17, 15) is 4.79 Å². The van der Waals surface area contributed by atoms with Gasteiger partial charge in [-0.05, 0) is 20.3 Å². The summed E-state index contributed by atoms with van der Waals surface area (Å²) in [6.45, 7) is 3.81. The molecular weight excluding hydrogens is 162 g/mol. The van der Waals surface area contributed by atoms with Gasteiger partial charge in [0, 0.05) is 12.1 Å². The van der Waals surface area contributed by atoms with Crippen LogP contribution in [0.2, 0.25) is 0 Å². The number of hydrogen-bond donors (Lipinski definition) is 3. The minimum Gasteiger partial charge on any atom is -0.396 e. The zero-order valence-corrected chi connectivity index (χ0v) is 7.82. The highest BCUT2D eigenvalue weighted by Gasteiger charge is 2.18. The summed E-state index contributed by atoms with van der Waals surface area (Å²) in [5, 5.41) is 11.3. The summed E-state index contributed by atoms with van der Waals surface area (Å²) < 4.78 is 0. The van der Waals surface area contributed by atoms with Crippen LogP contribution in [0.5, 0.6) is 0 Å². The Kier molecular flexibility index (Phi) is 4.52. The highest BCUT2D eigenvalue weighted by molar-refractivity contribution is 7.81. The predicted molar refractivity (Wildman–Crippen MR) is 47.8 cm³/mol. The lowest BCUT2D eigenvalue weighted by atomic mass is 10.0. The molecule has 0 saturated carbocycles. The van der Waals surface area contributed by atoms with E-state index in [0.29, 0.717) is 6.42 Å². The Morgan fingerprint density at radius 3 is 2.55 bits per heavy atom. The number of rotatable bonds is 4. The van der Waals surface area contributed by atoms with E-state index in [1.54, 1.807) is 0 Å². The van der Waals surface area contributed by atoms with Crippen molar-refractivity contribution >= 4 is 18.5 Å². The first kappa shape index (κ1) is 10.8. The van der Waals surface area contributed by atoms with Gasteiger partial charge in [-0.25, -0.2) is 0 Å². The normalized spacial score (nSPS) is 11.3. The second kappa shape index (κ2) is 4.62. The fourth-order valence-electron chi connectivity index (χ4n) is 0.759. The van der Waals surface area contributed by atoms with Crippen LogP contribution in [-0.4, -0.2) is 28.9 Å². The van der Waals surface area contributed by atoms with Crippen LogP contribution in [0.4, 0.5) is 0 Å². The number of hydrogen-bond acceptors (Lipinski definition) is 3. The van der Waals surface area contributed by atoms with Crippen LogP contribution in [-0.2, 0) is 4.79 Å². The number of aliphatic hydroxyl groups excluding tert-OH is 1. The topological polar surface area (TPSA) is 49.3 Å². The van der Waals surface area contributed by atoms with Crippen LogP contribution in [0.3, 0.4) is 0 Å². The lowest BCUT2D eigenvalue weighted by molar-refractivity contribution is -0.120. The van der Waals surface area contributed by atoms with E-state index in [1.165, 1.54) is 0 Å². The van der Waals surface area contributed by atoms with Gasteiger partial charge >= 0.3 is 0 Å². The third-order valence-corrected chi connectivity index (χ3v) is 1.65. The molecule has 0 saturated heterocycles. The highest BCUT2D eigenvalue weighted by atomic mass is 32.1. The molecule has 0 aliphatic rings. The Hall–Kier alpha value is -0.220. The smallest absolute Gasteiger partial charge is 0.230 e. The molecule has 0 aliphatic heterocycles. The fraction of sp³-hybridized carbons (Fsp3) is 0.857. The minimum atomic E-state index is -0.325. The van der Waals surface area contributed by atoms with Crippen LogP contribution in [0, 0.1) is 0 Å². The molecule has 0 radical (unpaired) electrons. The minimum absolute atomic E-state index is 0.0832. The molecule has 2 N–H and O–H groups in total. The molecule has 0 aromatic heterocycles. The van der Waals surface area contributed by atoms with Gasteiger partial charge in [0.15, 0.2) is 0 Å². The summed E-state index contributed by atoms with van der Waals surface area (Å²) in [5.74, 6) is 0.0845. The van der Waals surface area contributed by atoms with E-state index in [4.69, 9.17) is 5.11 Å². The Morgan fingerprint density at radius 1 is 1.64 bits per heavy atom. The van der Waals surface area contributed by atoms with Gasteiger partial charge in [0.25, 0.3) is 0 Å². The van der Waals surface area contributed by atoms with Crippen LogP contribution < -0.4 is 5.32 Å². The summed E-state index contributed by atoms with van der Waals surface area (Å²) in [6.07, 6.45) is 0.562. The zero-order valence-electron chi connectivity index (χ0n) is 6.92. The first-order valence-electron chi connectivity index (χ1n) is 3.54. The van der Waals surface area contributed by atoms with Crippen molar-refractivity contribution in [2.24, 2.45) is 0 Å². The van der Waals surface area contributed by atoms with Crippen molar-refractivity contribution in [3.05, 3.63) is 0 Å². The van der Waals surface area contributed by atoms with Crippen molar-refractivity contribution in [2.75, 3.05) is 12.4 Å². The molecule has 0 aliphatic carbocycles. The number of thiol groups is 1. The van der Waals surface area contributed by atoms with Gasteiger partial charge in [-0.1, -0.05) is 0 Å². The monoisotopic (exact) mass is 177 g/mol. The van der Waals surface area contributed by atoms with Gasteiger partial charge < -0.3 is 10.4 Å². The maximum Gasteiger partial charge on any atom is 0.230 e. The average molecular weight is 177 g/mol. The molecule has 66 valence electrons. The molecule has 0 bridgehead atoms. The molecule has 0 fully saturated rings. The van der Waals surface area contributed by atoms with Gasteiger partial charge in [0.2, 0.25) is 5.91 Å². The molecule has 0 unspecified atom stereocenters. The Morgan fingerprint density at radius 2 is 2.18 bits per heavy atom. The molecule has 0 rings (SSSR count). The Bertz CT molecular complexity index is 136. The molecule has 0 aromatic carbocycles. The predicted octanol–water partition coefficient (Wildman–Crippen LogP) is 0.193. The third-order valence-electron chi connectivity index (χ3n) is 1.36. The number of nitrogens with one attached hydrogen (secondary N) is 1. The first-order chi connectivity index (χ1) is 5.02. The lowest BCUT2D eigenvalue weighted by Crippen LogP contribution is -2.44. The van der Waals surface area contributed by atoms with Crippen molar-refractivity contribution < 1.29 is 9.90 Å². The molecular formula is C7H15NO2S. The summed E-state index contributed by atoms with van der Waals surface area (Å²) in [4.78, 5) is 10.8. The summed E-state index contributed by atoms with van der Waals surface area (Å²) in [5.41, 5.74) is -0.325. The molecule has 0 spiro atoms. The molecule has 4 heteroatoms. The van der Waals surface area contributed by atoms with Crippen LogP contribution in [0.15, 0.2) is 0 Å². The quantitative estimate of drug-likeness (QED) is 0.537. The summed E-state index contributed by atoms with van der Waals surface area (Å²) in [6, 6.07) is 0. The molecule has 1 amide bonds. The van der Waals surface area contributed by atoms with Crippen molar-refractivity contribution in [3.8, 4) is 0 Å². The van der Waals surface area contributed by atoms with Gasteiger partial charge in [-0.3, -0.25) is 4.79 Å². The highest BCUT2D eigenvalue weighted by Crippen LogP contribution is 2.06. The van der Waals surface area contributed by atoms with E-state index in [0.717, 1.165) is 0 Å². The molecule has 0 atom stereocenters. The van der Waals surface area contributed by atoms with Crippen molar-refractivity contribution in [2.45, 2.75) is 25.8 Å². The zero-order chi connectivity index (χ0) is 8.91. The SMILES string of the molecule is CC(C)(CCO)NC(=O)CS. The van der Waals surface area contributed by atoms with Gasteiger partial charge in [-0.15, -0.1) is 0 Å². The first-order valence-corrected chi connectivity index (χ1v) is 4.18. The van der Waals surface area contributed by atoms with E-state index in [2.05, 4.69) is 17.9 Å². The fourth-order valence-corrected chi connectivity index (χ4v) is 0.838. The maximum atomic E-state index is 10.8. The van der Waals surface area contributed by atoms with Crippen LogP contribution in [0.25, 0.3) is 0 Å². The largest absolute Gasteiger partial charge is 0.396 e. The molecule has 0 aromatic rings. The van der Waals surface area contributed by atoms with E-state index >= 15 is 0 Å². The van der Waals surface area contributed by atoms with Crippen LogP contribution >= 0.6 is 12.6 Å². The maximum absolute atomic E-state index is 10.8. The number of amides is 1. The lowest BCUT2D eigenvalue weighted by Gasteiger charge is -2.24. The summed E-state index contributed by atoms with van der Waals surface area (Å²) in [7, 11) is 0. The van der Waals surface area contributed by atoms with Crippen molar-refractivity contribution in [3.63, 3.8) is 0 Å². The van der Waals surface area contributed by atoms with E-state index in [-0.39, 0.29) is 23.8 Å². The number of aliphatic hydroxyl groups is 1. The van der Waals surface area contributed by atoms with Gasteiger partial charge in [0.1, 0.15) is 0 Å². The second-order valence-corrected chi connectivity index (χ2v) is 3.38. The van der Waals surface area contributed by atoms with Crippen LogP contribution in [0.1, 0.15) is 20.3 Å². The summed E-state index contributed by atoms with van der Waals surface area (Å²) >= 11 is 3.82. The Labute approximate surface area is 72.6 Å². The Balaban J connectivity index is 3.80. The van der Waals surface area contributed by atoms with E-state index in [1.807, 2.05) is 13.8 Å². The molecule has 0 heterocycles. The van der Waals surface area contributed by atoms with Gasteiger partial charge in [-0.2, -0.15) is 12.6 Å². The third kappa shape index (κ3) is 5.09. The molecule has 3 nitrogen and oxygen atoms in total. The standard InChI is InChI=1S/C7H15NO2S/c1-7(2,3-4-9)8-6(10)5-11/h9,11H,3-5H2,1-2H3,(H,8,10).